The van der Waals surface area contributed by atoms with E-state index >= 15 is 0 Å². The Morgan fingerprint density at radius 2 is 2.10 bits per heavy atom. The Morgan fingerprint density at radius 3 is 2.40 bits per heavy atom. The first-order valence-corrected chi connectivity index (χ1v) is 5.08. The number of allylic oxidation sites excluding steroid dienone is 1. The summed E-state index contributed by atoms with van der Waals surface area (Å²) in [5.74, 6) is -0.267. The number of carbonyl (C=O) groups is 1. The summed E-state index contributed by atoms with van der Waals surface area (Å²) < 4.78 is 28.0. The predicted octanol–water partition coefficient (Wildman–Crippen LogP) is 0.625. The van der Waals surface area contributed by atoms with E-state index in [1.54, 1.807) is 0 Å². The average Bonchev–Trinajstić information content (AvgIpc) is 1.59. The zero-order valence-corrected chi connectivity index (χ0v) is 6.78. The highest BCUT2D eigenvalue weighted by molar-refractivity contribution is 8.71. The lowest BCUT2D eigenvalue weighted by Crippen LogP contribution is -1.86. The molecule has 1 N–H and O–H groups in total. The van der Waals surface area contributed by atoms with E-state index in [-0.39, 0.29) is 16.6 Å². The summed E-state index contributed by atoms with van der Waals surface area (Å²) in [6, 6.07) is 0. The lowest BCUT2D eigenvalue weighted by atomic mass is 10.5. The van der Waals surface area contributed by atoms with Crippen LogP contribution in [0.5, 0.6) is 0 Å². The molecule has 0 saturated carbocycles. The standard InChI is InChI=1S/C4H6O4S2/c1-4(5)2-3-9-10(6,7)8/h2-3H,1H3,(H,6,7,8)/b3-2+. The van der Waals surface area contributed by atoms with Crippen molar-refractivity contribution in [2.24, 2.45) is 0 Å². The van der Waals surface area contributed by atoms with Crippen molar-refractivity contribution >= 4 is 25.7 Å². The molecule has 0 radical (unpaired) electrons. The third-order valence-electron chi connectivity index (χ3n) is 0.480. The molecule has 10 heavy (non-hydrogen) atoms. The summed E-state index contributed by atoms with van der Waals surface area (Å²) in [7, 11) is -3.85. The summed E-state index contributed by atoms with van der Waals surface area (Å²) >= 11 is 0. The Labute approximate surface area is 62.5 Å². The fourth-order valence-electron chi connectivity index (χ4n) is 0.194. The molecular formula is C4H6O4S2. The molecule has 0 aromatic rings. The smallest absolute Gasteiger partial charge is 0.295 e. The topological polar surface area (TPSA) is 71.4 Å². The van der Waals surface area contributed by atoms with Gasteiger partial charge in [-0.1, -0.05) is 0 Å². The first-order valence-electron chi connectivity index (χ1n) is 2.24. The summed E-state index contributed by atoms with van der Waals surface area (Å²) in [4.78, 5) is 10.2. The van der Waals surface area contributed by atoms with Crippen molar-refractivity contribution in [1.82, 2.24) is 0 Å². The van der Waals surface area contributed by atoms with Crippen molar-refractivity contribution in [2.45, 2.75) is 6.92 Å². The number of carbonyl (C=O) groups excluding carboxylic acids is 1. The quantitative estimate of drug-likeness (QED) is 0.393. The van der Waals surface area contributed by atoms with Crippen molar-refractivity contribution in [3.05, 3.63) is 11.5 Å². The minimum absolute atomic E-state index is 0.188. The largest absolute Gasteiger partial charge is 0.323 e. The van der Waals surface area contributed by atoms with Crippen LogP contribution in [0.15, 0.2) is 11.5 Å². The van der Waals surface area contributed by atoms with Gasteiger partial charge in [-0.05, 0) is 18.4 Å². The highest BCUT2D eigenvalue weighted by atomic mass is 33.1. The third-order valence-corrected chi connectivity index (χ3v) is 2.03. The maximum Gasteiger partial charge on any atom is 0.323 e. The second-order valence-corrected chi connectivity index (χ2v) is 4.60. The minimum Gasteiger partial charge on any atom is -0.295 e. The van der Waals surface area contributed by atoms with E-state index in [0.717, 1.165) is 11.5 Å². The van der Waals surface area contributed by atoms with Gasteiger partial charge in [0.2, 0.25) is 0 Å². The van der Waals surface area contributed by atoms with E-state index in [9.17, 15) is 13.2 Å². The zero-order chi connectivity index (χ0) is 8.20. The summed E-state index contributed by atoms with van der Waals surface area (Å²) in [5.41, 5.74) is 0. The molecule has 0 rings (SSSR count). The van der Waals surface area contributed by atoms with E-state index in [4.69, 9.17) is 4.55 Å². The van der Waals surface area contributed by atoms with Gasteiger partial charge >= 0.3 is 9.15 Å². The fraction of sp³-hybridized carbons (Fsp3) is 0.250. The van der Waals surface area contributed by atoms with Crippen molar-refractivity contribution < 1.29 is 17.8 Å². The lowest BCUT2D eigenvalue weighted by Gasteiger charge is -1.84. The average molecular weight is 182 g/mol. The molecule has 0 fully saturated rings. The van der Waals surface area contributed by atoms with Gasteiger partial charge in [0, 0.05) is 10.8 Å². The Morgan fingerprint density at radius 1 is 1.60 bits per heavy atom. The highest BCUT2D eigenvalue weighted by Gasteiger charge is 1.99. The van der Waals surface area contributed by atoms with Crippen molar-refractivity contribution in [2.75, 3.05) is 0 Å². The van der Waals surface area contributed by atoms with Crippen molar-refractivity contribution in [3.63, 3.8) is 0 Å². The molecular weight excluding hydrogens is 176 g/mol. The molecule has 58 valence electrons. The van der Waals surface area contributed by atoms with E-state index in [2.05, 4.69) is 0 Å². The second-order valence-electron chi connectivity index (χ2n) is 1.44. The Kier molecular flexibility index (Phi) is 3.62. The van der Waals surface area contributed by atoms with Crippen LogP contribution in [0.3, 0.4) is 0 Å². The van der Waals surface area contributed by atoms with Crippen LogP contribution >= 0.6 is 10.8 Å². The molecule has 0 aliphatic carbocycles. The SMILES string of the molecule is CC(=O)/C=C/SS(=O)(=O)O. The van der Waals surface area contributed by atoms with E-state index in [0.29, 0.717) is 0 Å². The van der Waals surface area contributed by atoms with Gasteiger partial charge in [0.05, 0.1) is 0 Å². The van der Waals surface area contributed by atoms with Gasteiger partial charge in [0.15, 0.2) is 5.78 Å². The van der Waals surface area contributed by atoms with Gasteiger partial charge in [0.1, 0.15) is 0 Å². The number of hydrogen-bond acceptors (Lipinski definition) is 4. The van der Waals surface area contributed by atoms with Gasteiger partial charge in [-0.2, -0.15) is 8.42 Å². The molecule has 0 aliphatic rings. The van der Waals surface area contributed by atoms with Gasteiger partial charge in [0.25, 0.3) is 0 Å². The Hall–Kier alpha value is -0.330. The maximum absolute atomic E-state index is 10.2. The van der Waals surface area contributed by atoms with Crippen molar-refractivity contribution in [3.8, 4) is 0 Å². The van der Waals surface area contributed by atoms with Crippen LogP contribution in [0.25, 0.3) is 0 Å². The van der Waals surface area contributed by atoms with Gasteiger partial charge in [-0.15, -0.1) is 0 Å². The number of ketones is 1. The van der Waals surface area contributed by atoms with Crippen molar-refractivity contribution in [1.29, 1.82) is 0 Å². The zero-order valence-electron chi connectivity index (χ0n) is 5.14. The van der Waals surface area contributed by atoms with Crippen LogP contribution in [-0.4, -0.2) is 18.8 Å². The molecule has 6 heteroatoms. The maximum atomic E-state index is 10.2. The van der Waals surface area contributed by atoms with E-state index in [1.807, 2.05) is 0 Å². The molecule has 0 bridgehead atoms. The predicted molar refractivity (Wildman–Crippen MR) is 39.0 cm³/mol. The third kappa shape index (κ3) is 7.67. The van der Waals surface area contributed by atoms with E-state index in [1.165, 1.54) is 6.92 Å². The van der Waals surface area contributed by atoms with Crippen LogP contribution < -0.4 is 0 Å². The Bertz CT molecular complexity index is 238. The molecule has 0 spiro atoms. The van der Waals surface area contributed by atoms with Gasteiger partial charge in [-0.25, -0.2) is 0 Å². The molecule has 0 heterocycles. The first-order chi connectivity index (χ1) is 4.42. The van der Waals surface area contributed by atoms with Crippen LogP contribution in [-0.2, 0) is 13.9 Å². The molecule has 0 aromatic heterocycles. The normalized spacial score (nSPS) is 12.2. The molecule has 0 atom stereocenters. The van der Waals surface area contributed by atoms with Crippen LogP contribution in [0.1, 0.15) is 6.92 Å². The fourth-order valence-corrected chi connectivity index (χ4v) is 1.17. The molecule has 0 unspecified atom stereocenters. The molecule has 0 aromatic carbocycles. The van der Waals surface area contributed by atoms with Gasteiger partial charge in [-0.3, -0.25) is 9.35 Å². The van der Waals surface area contributed by atoms with Crippen LogP contribution in [0.2, 0.25) is 0 Å². The summed E-state index contributed by atoms with van der Waals surface area (Å²) in [6.45, 7) is 1.28. The van der Waals surface area contributed by atoms with Crippen LogP contribution in [0, 0.1) is 0 Å². The minimum atomic E-state index is -4.04. The summed E-state index contributed by atoms with van der Waals surface area (Å²) in [5, 5.41) is 1.01. The van der Waals surface area contributed by atoms with Crippen LogP contribution in [0.4, 0.5) is 0 Å². The molecule has 0 amide bonds. The number of hydrogen-bond donors (Lipinski definition) is 1. The monoisotopic (exact) mass is 182 g/mol. The van der Waals surface area contributed by atoms with E-state index < -0.39 is 9.15 Å². The highest BCUT2D eigenvalue weighted by Crippen LogP contribution is 2.09. The summed E-state index contributed by atoms with van der Waals surface area (Å²) in [6.07, 6.45) is 1.05. The molecule has 4 nitrogen and oxygen atoms in total. The first kappa shape index (κ1) is 9.67. The van der Waals surface area contributed by atoms with Gasteiger partial charge < -0.3 is 0 Å². The molecule has 0 saturated heterocycles. The molecule has 0 aliphatic heterocycles. The lowest BCUT2D eigenvalue weighted by molar-refractivity contribution is -0.112. The Balaban J connectivity index is 3.88. The number of rotatable bonds is 3. The second kappa shape index (κ2) is 3.75.